The van der Waals surface area contributed by atoms with Crippen molar-refractivity contribution in [3.05, 3.63) is 47.5 Å². The highest BCUT2D eigenvalue weighted by Crippen LogP contribution is 2.36. The van der Waals surface area contributed by atoms with Crippen LogP contribution >= 0.6 is 11.6 Å². The number of urea groups is 1. The largest absolute Gasteiger partial charge is 0.488 e. The predicted molar refractivity (Wildman–Crippen MR) is 129 cm³/mol. The van der Waals surface area contributed by atoms with Crippen LogP contribution in [0.2, 0.25) is 5.02 Å². The van der Waals surface area contributed by atoms with E-state index in [0.717, 1.165) is 12.8 Å². The SMILES string of the molecule is O=C1NCCN1CCOc1cc2ncnc(Nc3ccc(F)c(Cl)c3)c2cc1OC1CCOCC1. The average molecular weight is 502 g/mol. The first-order valence-corrected chi connectivity index (χ1v) is 11.9. The molecule has 2 saturated heterocycles. The second-order valence-corrected chi connectivity index (χ2v) is 8.70. The van der Waals surface area contributed by atoms with Crippen molar-refractivity contribution in [3.63, 3.8) is 0 Å². The summed E-state index contributed by atoms with van der Waals surface area (Å²) in [6.07, 6.45) is 2.98. The van der Waals surface area contributed by atoms with Gasteiger partial charge in [0, 0.05) is 43.1 Å². The molecule has 0 unspecified atom stereocenters. The second kappa shape index (κ2) is 10.5. The highest BCUT2D eigenvalue weighted by molar-refractivity contribution is 6.31. The van der Waals surface area contributed by atoms with Crippen LogP contribution in [0.25, 0.3) is 10.9 Å². The molecule has 2 aromatic carbocycles. The third-order valence-corrected chi connectivity index (χ3v) is 6.20. The van der Waals surface area contributed by atoms with Crippen molar-refractivity contribution < 1.29 is 23.4 Å². The maximum Gasteiger partial charge on any atom is 0.317 e. The van der Waals surface area contributed by atoms with E-state index in [-0.39, 0.29) is 17.2 Å². The fourth-order valence-electron chi connectivity index (χ4n) is 4.04. The average Bonchev–Trinajstić information content (AvgIpc) is 3.27. The van der Waals surface area contributed by atoms with Gasteiger partial charge in [-0.2, -0.15) is 0 Å². The molecule has 35 heavy (non-hydrogen) atoms. The number of fused-ring (bicyclic) bond motifs is 1. The number of carbonyl (C=O) groups is 1. The van der Waals surface area contributed by atoms with E-state index in [2.05, 4.69) is 20.6 Å². The monoisotopic (exact) mass is 501 g/mol. The van der Waals surface area contributed by atoms with Gasteiger partial charge in [-0.1, -0.05) is 11.6 Å². The van der Waals surface area contributed by atoms with Crippen molar-refractivity contribution in [2.75, 3.05) is 44.8 Å². The lowest BCUT2D eigenvalue weighted by Gasteiger charge is -2.25. The molecule has 3 heterocycles. The maximum absolute atomic E-state index is 13.6. The highest BCUT2D eigenvalue weighted by Gasteiger charge is 2.21. The van der Waals surface area contributed by atoms with Crippen molar-refractivity contribution in [3.8, 4) is 11.5 Å². The molecular weight excluding hydrogens is 477 g/mol. The number of carbonyl (C=O) groups excluding carboxylic acids is 1. The quantitative estimate of drug-likeness (QED) is 0.479. The van der Waals surface area contributed by atoms with E-state index in [1.165, 1.54) is 18.5 Å². The number of benzene rings is 2. The van der Waals surface area contributed by atoms with Gasteiger partial charge in [0.25, 0.3) is 0 Å². The van der Waals surface area contributed by atoms with Crippen LogP contribution in [0.15, 0.2) is 36.7 Å². The molecule has 0 aliphatic carbocycles. The molecule has 1 aromatic heterocycles. The van der Waals surface area contributed by atoms with E-state index in [1.807, 2.05) is 6.07 Å². The van der Waals surface area contributed by atoms with Crippen LogP contribution in [0, 0.1) is 5.82 Å². The fourth-order valence-corrected chi connectivity index (χ4v) is 4.22. The van der Waals surface area contributed by atoms with Crippen LogP contribution in [0.3, 0.4) is 0 Å². The summed E-state index contributed by atoms with van der Waals surface area (Å²) in [5.74, 6) is 1.13. The lowest BCUT2D eigenvalue weighted by Crippen LogP contribution is -2.32. The summed E-state index contributed by atoms with van der Waals surface area (Å²) in [6.45, 7) is 3.34. The third kappa shape index (κ3) is 5.49. The number of aromatic nitrogens is 2. The Bertz CT molecular complexity index is 1220. The van der Waals surface area contributed by atoms with Crippen molar-refractivity contribution in [2.45, 2.75) is 18.9 Å². The van der Waals surface area contributed by atoms with Crippen molar-refractivity contribution in [1.29, 1.82) is 0 Å². The molecule has 2 N–H and O–H groups in total. The van der Waals surface area contributed by atoms with Gasteiger partial charge in [0.1, 0.15) is 30.7 Å². The first-order chi connectivity index (χ1) is 17.1. The van der Waals surface area contributed by atoms with Gasteiger partial charge in [-0.15, -0.1) is 0 Å². The number of hydrogen-bond donors (Lipinski definition) is 2. The molecule has 0 radical (unpaired) electrons. The molecular formula is C24H25ClFN5O4. The zero-order chi connectivity index (χ0) is 24.2. The lowest BCUT2D eigenvalue weighted by molar-refractivity contribution is 0.0243. The van der Waals surface area contributed by atoms with E-state index in [4.69, 9.17) is 25.8 Å². The van der Waals surface area contributed by atoms with Gasteiger partial charge in [-0.25, -0.2) is 19.2 Å². The summed E-state index contributed by atoms with van der Waals surface area (Å²) in [4.78, 5) is 22.3. The molecule has 184 valence electrons. The van der Waals surface area contributed by atoms with Gasteiger partial charge in [0.05, 0.1) is 30.3 Å². The maximum atomic E-state index is 13.6. The number of anilines is 2. The van der Waals surface area contributed by atoms with Gasteiger partial charge >= 0.3 is 6.03 Å². The minimum absolute atomic E-state index is 0.00939. The Morgan fingerprint density at radius 1 is 1.20 bits per heavy atom. The summed E-state index contributed by atoms with van der Waals surface area (Å²) in [7, 11) is 0. The Hall–Kier alpha value is -3.37. The first kappa shape index (κ1) is 23.4. The normalized spacial score (nSPS) is 16.4. The fraction of sp³-hybridized carbons (Fsp3) is 0.375. The Morgan fingerprint density at radius 3 is 2.83 bits per heavy atom. The number of rotatable bonds is 8. The summed E-state index contributed by atoms with van der Waals surface area (Å²) in [5, 5.41) is 6.69. The zero-order valence-electron chi connectivity index (χ0n) is 18.9. The van der Waals surface area contributed by atoms with E-state index < -0.39 is 5.82 Å². The van der Waals surface area contributed by atoms with Gasteiger partial charge < -0.3 is 29.7 Å². The predicted octanol–water partition coefficient (Wildman–Crippen LogP) is 4.13. The molecule has 2 amide bonds. The molecule has 0 saturated carbocycles. The third-order valence-electron chi connectivity index (χ3n) is 5.91. The minimum atomic E-state index is -0.495. The number of nitrogens with zero attached hydrogens (tertiary/aromatic N) is 3. The molecule has 0 bridgehead atoms. The topological polar surface area (TPSA) is 97.8 Å². The first-order valence-electron chi connectivity index (χ1n) is 11.5. The van der Waals surface area contributed by atoms with Gasteiger partial charge in [-0.05, 0) is 24.3 Å². The second-order valence-electron chi connectivity index (χ2n) is 8.29. The van der Waals surface area contributed by atoms with Crippen LogP contribution in [0.1, 0.15) is 12.8 Å². The van der Waals surface area contributed by atoms with E-state index >= 15 is 0 Å². The van der Waals surface area contributed by atoms with Gasteiger partial charge in [-0.3, -0.25) is 0 Å². The minimum Gasteiger partial charge on any atom is -0.488 e. The smallest absolute Gasteiger partial charge is 0.317 e. The summed E-state index contributed by atoms with van der Waals surface area (Å²) < 4.78 is 31.4. The van der Waals surface area contributed by atoms with Crippen LogP contribution < -0.4 is 20.1 Å². The van der Waals surface area contributed by atoms with Crippen LogP contribution in [0.4, 0.5) is 20.7 Å². The van der Waals surface area contributed by atoms with Crippen molar-refractivity contribution in [1.82, 2.24) is 20.2 Å². The Labute approximate surface area is 206 Å². The molecule has 2 aliphatic heterocycles. The number of amides is 2. The van der Waals surface area contributed by atoms with Crippen LogP contribution in [0.5, 0.6) is 11.5 Å². The molecule has 9 nitrogen and oxygen atoms in total. The number of halogens is 2. The van der Waals surface area contributed by atoms with Gasteiger partial charge in [0.15, 0.2) is 11.5 Å². The number of nitrogens with one attached hydrogen (secondary N) is 2. The molecule has 0 atom stereocenters. The lowest BCUT2D eigenvalue weighted by atomic mass is 10.1. The number of hydrogen-bond acceptors (Lipinski definition) is 7. The van der Waals surface area contributed by atoms with Crippen LogP contribution in [-0.4, -0.2) is 66.5 Å². The van der Waals surface area contributed by atoms with Crippen molar-refractivity contribution >= 4 is 40.0 Å². The Kier molecular flexibility index (Phi) is 7.01. The molecule has 2 aliphatic rings. The van der Waals surface area contributed by atoms with E-state index in [0.29, 0.717) is 73.4 Å². The Morgan fingerprint density at radius 2 is 2.06 bits per heavy atom. The molecule has 2 fully saturated rings. The summed E-state index contributed by atoms with van der Waals surface area (Å²) >= 11 is 5.93. The highest BCUT2D eigenvalue weighted by atomic mass is 35.5. The van der Waals surface area contributed by atoms with Crippen LogP contribution in [-0.2, 0) is 4.74 Å². The molecule has 0 spiro atoms. The Balaban J connectivity index is 1.43. The van der Waals surface area contributed by atoms with E-state index in [9.17, 15) is 9.18 Å². The molecule has 5 rings (SSSR count). The molecule has 3 aromatic rings. The zero-order valence-corrected chi connectivity index (χ0v) is 19.7. The van der Waals surface area contributed by atoms with E-state index in [1.54, 1.807) is 17.0 Å². The molecule has 11 heteroatoms. The standard InChI is InChI=1S/C24H25ClFN5O4/c25-18-11-15(1-2-19(18)26)30-23-17-12-22(35-16-3-8-33-9-4-16)21(13-20(17)28-14-29-23)34-10-7-31-6-5-27-24(31)32/h1-2,11-14,16H,3-10H2,(H,27,32)(H,28,29,30). The summed E-state index contributed by atoms with van der Waals surface area (Å²) in [6, 6.07) is 7.93. The van der Waals surface area contributed by atoms with Crippen molar-refractivity contribution in [2.24, 2.45) is 0 Å². The number of ether oxygens (including phenoxy) is 3. The van der Waals surface area contributed by atoms with Gasteiger partial charge in [0.2, 0.25) is 0 Å². The summed E-state index contributed by atoms with van der Waals surface area (Å²) in [5.41, 5.74) is 1.23.